The smallest absolute Gasteiger partial charge is 0.207 e. The standard InChI is InChI=1S/C12H13ClN2O2S/c13-10-5-1-2-6-11(10)18(16,17)15-12(9-14)7-3-4-8-12/h1-2,5-6,15H,3-4,7-8H2. The number of hydrogen-bond donors (Lipinski definition) is 1. The summed E-state index contributed by atoms with van der Waals surface area (Å²) in [6.07, 6.45) is 2.82. The summed E-state index contributed by atoms with van der Waals surface area (Å²) in [7, 11) is -3.75. The van der Waals surface area contributed by atoms with Crippen molar-refractivity contribution < 1.29 is 8.42 Å². The quantitative estimate of drug-likeness (QED) is 0.927. The molecule has 96 valence electrons. The zero-order valence-corrected chi connectivity index (χ0v) is 11.3. The molecule has 0 atom stereocenters. The van der Waals surface area contributed by atoms with E-state index in [4.69, 9.17) is 11.6 Å². The second-order valence-electron chi connectivity index (χ2n) is 4.44. The maximum absolute atomic E-state index is 12.2. The second-order valence-corrected chi connectivity index (χ2v) is 6.49. The normalized spacial score (nSPS) is 18.4. The van der Waals surface area contributed by atoms with E-state index in [9.17, 15) is 13.7 Å². The first-order valence-electron chi connectivity index (χ1n) is 5.69. The van der Waals surface area contributed by atoms with Crippen LogP contribution in [0.2, 0.25) is 5.02 Å². The molecule has 1 aromatic rings. The van der Waals surface area contributed by atoms with Gasteiger partial charge in [-0.05, 0) is 25.0 Å². The molecule has 1 aromatic carbocycles. The Bertz CT molecular complexity index is 586. The van der Waals surface area contributed by atoms with Crippen LogP contribution in [0.3, 0.4) is 0 Å². The number of nitrogens with one attached hydrogen (secondary N) is 1. The van der Waals surface area contributed by atoms with Gasteiger partial charge in [-0.3, -0.25) is 0 Å². The molecule has 18 heavy (non-hydrogen) atoms. The predicted octanol–water partition coefficient (Wildman–Crippen LogP) is 2.45. The molecule has 0 unspecified atom stereocenters. The molecule has 0 radical (unpaired) electrons. The molecule has 0 bridgehead atoms. The van der Waals surface area contributed by atoms with Crippen molar-refractivity contribution in [2.24, 2.45) is 0 Å². The third-order valence-corrected chi connectivity index (χ3v) is 5.16. The van der Waals surface area contributed by atoms with Gasteiger partial charge in [0.1, 0.15) is 10.4 Å². The van der Waals surface area contributed by atoms with Gasteiger partial charge in [0.05, 0.1) is 11.1 Å². The van der Waals surface area contributed by atoms with Crippen LogP contribution < -0.4 is 4.72 Å². The SMILES string of the molecule is N#CC1(NS(=O)(=O)c2ccccc2Cl)CCCC1. The third kappa shape index (κ3) is 2.51. The van der Waals surface area contributed by atoms with Crippen LogP contribution in [0.25, 0.3) is 0 Å². The third-order valence-electron chi connectivity index (χ3n) is 3.13. The van der Waals surface area contributed by atoms with E-state index in [1.165, 1.54) is 12.1 Å². The topological polar surface area (TPSA) is 70.0 Å². The summed E-state index contributed by atoms with van der Waals surface area (Å²) in [5, 5.41) is 9.35. The summed E-state index contributed by atoms with van der Waals surface area (Å²) < 4.78 is 27.0. The Kier molecular flexibility index (Phi) is 3.62. The molecule has 4 nitrogen and oxygen atoms in total. The van der Waals surface area contributed by atoms with Crippen molar-refractivity contribution in [3.8, 4) is 6.07 Å². The molecule has 0 saturated heterocycles. The summed E-state index contributed by atoms with van der Waals surface area (Å²) >= 11 is 5.88. The molecule has 1 N–H and O–H groups in total. The van der Waals surface area contributed by atoms with Crippen molar-refractivity contribution in [3.63, 3.8) is 0 Å². The Morgan fingerprint density at radius 2 is 1.89 bits per heavy atom. The number of nitriles is 1. The molecule has 0 spiro atoms. The van der Waals surface area contributed by atoms with Gasteiger partial charge in [-0.1, -0.05) is 36.6 Å². The molecule has 0 heterocycles. The fourth-order valence-corrected chi connectivity index (χ4v) is 4.09. The van der Waals surface area contributed by atoms with Crippen LogP contribution in [0.5, 0.6) is 0 Å². The van der Waals surface area contributed by atoms with E-state index in [1.807, 2.05) is 0 Å². The summed E-state index contributed by atoms with van der Waals surface area (Å²) in [6, 6.07) is 8.31. The van der Waals surface area contributed by atoms with Crippen molar-refractivity contribution in [1.82, 2.24) is 4.72 Å². The van der Waals surface area contributed by atoms with Crippen LogP contribution >= 0.6 is 11.6 Å². The Hall–Kier alpha value is -1.09. The molecule has 1 aliphatic carbocycles. The zero-order valence-electron chi connectivity index (χ0n) is 9.69. The highest BCUT2D eigenvalue weighted by molar-refractivity contribution is 7.89. The molecule has 6 heteroatoms. The lowest BCUT2D eigenvalue weighted by atomic mass is 10.0. The van der Waals surface area contributed by atoms with Crippen molar-refractivity contribution in [2.75, 3.05) is 0 Å². The van der Waals surface area contributed by atoms with Crippen LogP contribution in [0.4, 0.5) is 0 Å². The van der Waals surface area contributed by atoms with Gasteiger partial charge in [0, 0.05) is 0 Å². The summed E-state index contributed by atoms with van der Waals surface area (Å²) in [5.41, 5.74) is -0.974. The minimum absolute atomic E-state index is 0.0215. The Morgan fingerprint density at radius 3 is 2.44 bits per heavy atom. The average molecular weight is 285 g/mol. The number of hydrogen-bond acceptors (Lipinski definition) is 3. The van der Waals surface area contributed by atoms with Gasteiger partial charge < -0.3 is 0 Å². The molecular formula is C12H13ClN2O2S. The first-order chi connectivity index (χ1) is 8.49. The van der Waals surface area contributed by atoms with Crippen LogP contribution in [-0.4, -0.2) is 14.0 Å². The maximum Gasteiger partial charge on any atom is 0.243 e. The van der Waals surface area contributed by atoms with E-state index >= 15 is 0 Å². The van der Waals surface area contributed by atoms with Crippen LogP contribution in [0.15, 0.2) is 29.2 Å². The monoisotopic (exact) mass is 284 g/mol. The average Bonchev–Trinajstić information content (AvgIpc) is 2.78. The Morgan fingerprint density at radius 1 is 1.28 bits per heavy atom. The highest BCUT2D eigenvalue weighted by Gasteiger charge is 2.38. The molecule has 0 amide bonds. The van der Waals surface area contributed by atoms with Gasteiger partial charge in [-0.25, -0.2) is 8.42 Å². The number of halogens is 1. The first-order valence-corrected chi connectivity index (χ1v) is 7.55. The highest BCUT2D eigenvalue weighted by atomic mass is 35.5. The molecule has 1 fully saturated rings. The molecule has 1 saturated carbocycles. The maximum atomic E-state index is 12.2. The van der Waals surface area contributed by atoms with Crippen molar-refractivity contribution in [3.05, 3.63) is 29.3 Å². The summed E-state index contributed by atoms with van der Waals surface area (Å²) in [6.45, 7) is 0. The lowest BCUT2D eigenvalue weighted by Gasteiger charge is -2.22. The molecule has 0 aromatic heterocycles. The van der Waals surface area contributed by atoms with Crippen molar-refractivity contribution in [2.45, 2.75) is 36.1 Å². The fourth-order valence-electron chi connectivity index (χ4n) is 2.19. The lowest BCUT2D eigenvalue weighted by molar-refractivity contribution is 0.485. The van der Waals surface area contributed by atoms with E-state index in [-0.39, 0.29) is 9.92 Å². The largest absolute Gasteiger partial charge is 0.243 e. The zero-order chi connectivity index (χ0) is 13.2. The van der Waals surface area contributed by atoms with Gasteiger partial charge in [-0.2, -0.15) is 9.98 Å². The molecule has 1 aliphatic rings. The molecule has 0 aliphatic heterocycles. The second kappa shape index (κ2) is 4.88. The van der Waals surface area contributed by atoms with Crippen LogP contribution in [0, 0.1) is 11.3 Å². The van der Waals surface area contributed by atoms with Gasteiger partial charge in [0.25, 0.3) is 0 Å². The number of benzene rings is 1. The van der Waals surface area contributed by atoms with Crippen LogP contribution in [0.1, 0.15) is 25.7 Å². The number of nitrogens with zero attached hydrogens (tertiary/aromatic N) is 1. The fraction of sp³-hybridized carbons (Fsp3) is 0.417. The van der Waals surface area contributed by atoms with Gasteiger partial charge in [0.2, 0.25) is 10.0 Å². The minimum atomic E-state index is -3.75. The summed E-state index contributed by atoms with van der Waals surface area (Å²) in [5.74, 6) is 0. The van der Waals surface area contributed by atoms with Gasteiger partial charge >= 0.3 is 0 Å². The predicted molar refractivity (Wildman–Crippen MR) is 68.6 cm³/mol. The lowest BCUT2D eigenvalue weighted by Crippen LogP contribution is -2.45. The van der Waals surface area contributed by atoms with Crippen molar-refractivity contribution >= 4 is 21.6 Å². The van der Waals surface area contributed by atoms with E-state index in [0.717, 1.165) is 12.8 Å². The molecular weight excluding hydrogens is 272 g/mol. The van der Waals surface area contributed by atoms with E-state index in [2.05, 4.69) is 10.8 Å². The van der Waals surface area contributed by atoms with Gasteiger partial charge in [-0.15, -0.1) is 0 Å². The Balaban J connectivity index is 2.34. The minimum Gasteiger partial charge on any atom is -0.207 e. The van der Waals surface area contributed by atoms with Crippen LogP contribution in [-0.2, 0) is 10.0 Å². The number of sulfonamides is 1. The van der Waals surface area contributed by atoms with E-state index in [0.29, 0.717) is 12.8 Å². The van der Waals surface area contributed by atoms with E-state index in [1.54, 1.807) is 12.1 Å². The Labute approximate surface area is 112 Å². The highest BCUT2D eigenvalue weighted by Crippen LogP contribution is 2.31. The van der Waals surface area contributed by atoms with Gasteiger partial charge in [0.15, 0.2) is 0 Å². The van der Waals surface area contributed by atoms with E-state index < -0.39 is 15.6 Å². The molecule has 2 rings (SSSR count). The van der Waals surface area contributed by atoms with Crippen molar-refractivity contribution in [1.29, 1.82) is 5.26 Å². The first kappa shape index (κ1) is 13.3. The summed E-state index contributed by atoms with van der Waals surface area (Å²) in [4.78, 5) is 0.0215. The number of rotatable bonds is 3.